The van der Waals surface area contributed by atoms with E-state index >= 15 is 0 Å². The van der Waals surface area contributed by atoms with Gasteiger partial charge in [-0.05, 0) is 13.8 Å². The highest BCUT2D eigenvalue weighted by Gasteiger charge is 2.09. The van der Waals surface area contributed by atoms with Crippen molar-refractivity contribution < 1.29 is 9.53 Å². The van der Waals surface area contributed by atoms with E-state index in [9.17, 15) is 4.79 Å². The van der Waals surface area contributed by atoms with Gasteiger partial charge in [0.05, 0.1) is 5.69 Å². The summed E-state index contributed by atoms with van der Waals surface area (Å²) in [6, 6.07) is 9.27. The van der Waals surface area contributed by atoms with Gasteiger partial charge in [-0.1, -0.05) is 29.8 Å². The Labute approximate surface area is 106 Å². The Morgan fingerprint density at radius 1 is 1.28 bits per heavy atom. The largest absolute Gasteiger partial charge is 0.469 e. The molecule has 0 aliphatic heterocycles. The fraction of sp³-hybridized carbons (Fsp3) is 0.286. The summed E-state index contributed by atoms with van der Waals surface area (Å²) in [5.74, 6) is 0.571. The lowest BCUT2D eigenvalue weighted by Crippen LogP contribution is -2.13. The summed E-state index contributed by atoms with van der Waals surface area (Å²) in [5.41, 5.74) is 2.67. The van der Waals surface area contributed by atoms with E-state index in [-0.39, 0.29) is 12.4 Å². The molecular weight excluding hydrogens is 228 g/mol. The summed E-state index contributed by atoms with van der Waals surface area (Å²) in [7, 11) is 1.79. The highest BCUT2D eigenvalue weighted by atomic mass is 16.5. The molecule has 0 aliphatic carbocycles. The maximum atomic E-state index is 11.9. The van der Waals surface area contributed by atoms with Gasteiger partial charge in [0.1, 0.15) is 0 Å². The second-order valence-corrected chi connectivity index (χ2v) is 4.33. The van der Waals surface area contributed by atoms with Gasteiger partial charge >= 0.3 is 0 Å². The number of carbonyl (C=O) groups excluding carboxylic acids is 1. The Balaban J connectivity index is 2.00. The van der Waals surface area contributed by atoms with Crippen molar-refractivity contribution in [1.82, 2.24) is 9.78 Å². The van der Waals surface area contributed by atoms with Crippen LogP contribution in [0, 0.1) is 13.8 Å². The van der Waals surface area contributed by atoms with Crippen LogP contribution in [0.5, 0.6) is 5.88 Å². The van der Waals surface area contributed by atoms with Crippen LogP contribution < -0.4 is 4.74 Å². The molecule has 2 aromatic rings. The molecule has 1 aromatic heterocycles. The number of rotatable bonds is 4. The van der Waals surface area contributed by atoms with Crippen molar-refractivity contribution >= 4 is 5.78 Å². The fourth-order valence-electron chi connectivity index (χ4n) is 1.68. The topological polar surface area (TPSA) is 44.1 Å². The van der Waals surface area contributed by atoms with Gasteiger partial charge in [0.2, 0.25) is 5.88 Å². The van der Waals surface area contributed by atoms with Crippen molar-refractivity contribution in [3.63, 3.8) is 0 Å². The maximum absolute atomic E-state index is 11.9. The molecule has 1 heterocycles. The summed E-state index contributed by atoms with van der Waals surface area (Å²) in [4.78, 5) is 11.9. The number of ketones is 1. The smallest absolute Gasteiger partial charge is 0.212 e. The third-order valence-corrected chi connectivity index (χ3v) is 2.68. The van der Waals surface area contributed by atoms with Gasteiger partial charge in [0, 0.05) is 18.7 Å². The Bertz CT molecular complexity index is 556. The zero-order valence-electron chi connectivity index (χ0n) is 10.8. The van der Waals surface area contributed by atoms with Gasteiger partial charge in [0.25, 0.3) is 0 Å². The van der Waals surface area contributed by atoms with Crippen molar-refractivity contribution in [3.05, 3.63) is 47.2 Å². The number of aromatic nitrogens is 2. The zero-order valence-corrected chi connectivity index (χ0v) is 10.8. The number of hydrogen-bond donors (Lipinski definition) is 0. The number of ether oxygens (including phenoxy) is 1. The molecule has 0 amide bonds. The van der Waals surface area contributed by atoms with E-state index in [1.807, 2.05) is 44.2 Å². The molecule has 0 bridgehead atoms. The molecule has 1 aromatic carbocycles. The van der Waals surface area contributed by atoms with E-state index in [1.165, 1.54) is 0 Å². The summed E-state index contributed by atoms with van der Waals surface area (Å²) in [6.07, 6.45) is 0. The number of nitrogens with zero attached hydrogens (tertiary/aromatic N) is 2. The number of Topliss-reactive ketones (excluding diaryl/α,β-unsaturated/α-hetero) is 1. The van der Waals surface area contributed by atoms with Gasteiger partial charge in [-0.15, -0.1) is 0 Å². The minimum Gasteiger partial charge on any atom is -0.469 e. The van der Waals surface area contributed by atoms with Crippen LogP contribution in [-0.2, 0) is 7.05 Å². The first kappa shape index (κ1) is 12.4. The molecule has 0 saturated heterocycles. The predicted octanol–water partition coefficient (Wildman–Crippen LogP) is 2.30. The summed E-state index contributed by atoms with van der Waals surface area (Å²) < 4.78 is 7.08. The van der Waals surface area contributed by atoms with Crippen molar-refractivity contribution in [2.45, 2.75) is 13.8 Å². The molecule has 0 atom stereocenters. The second-order valence-electron chi connectivity index (χ2n) is 4.33. The van der Waals surface area contributed by atoms with E-state index in [1.54, 1.807) is 11.7 Å². The van der Waals surface area contributed by atoms with Crippen LogP contribution in [0.2, 0.25) is 0 Å². The molecule has 4 nitrogen and oxygen atoms in total. The van der Waals surface area contributed by atoms with Crippen LogP contribution in [0.1, 0.15) is 21.6 Å². The molecule has 0 spiro atoms. The number of aryl methyl sites for hydroxylation is 3. The van der Waals surface area contributed by atoms with E-state index in [0.717, 1.165) is 11.3 Å². The normalized spacial score (nSPS) is 10.4. The van der Waals surface area contributed by atoms with Crippen LogP contribution >= 0.6 is 0 Å². The standard InChI is InChI=1S/C14H16N2O2/c1-10-4-6-12(7-5-10)13(17)9-18-14-8-11(2)15-16(14)3/h4-8H,9H2,1-3H3. The molecule has 0 N–H and O–H groups in total. The van der Waals surface area contributed by atoms with Gasteiger partial charge in [-0.25, -0.2) is 4.68 Å². The van der Waals surface area contributed by atoms with E-state index < -0.39 is 0 Å². The lowest BCUT2D eigenvalue weighted by atomic mass is 10.1. The average molecular weight is 244 g/mol. The first-order valence-corrected chi connectivity index (χ1v) is 5.79. The van der Waals surface area contributed by atoms with E-state index in [2.05, 4.69) is 5.10 Å². The Kier molecular flexibility index (Phi) is 3.46. The van der Waals surface area contributed by atoms with Crippen LogP contribution in [0.4, 0.5) is 0 Å². The quantitative estimate of drug-likeness (QED) is 0.775. The van der Waals surface area contributed by atoms with Crippen LogP contribution in [0.15, 0.2) is 30.3 Å². The minimum atomic E-state index is -0.0335. The Hall–Kier alpha value is -2.10. The third kappa shape index (κ3) is 2.77. The van der Waals surface area contributed by atoms with Gasteiger partial charge < -0.3 is 4.74 Å². The SMILES string of the molecule is Cc1ccc(C(=O)COc2cc(C)nn2C)cc1. The van der Waals surface area contributed by atoms with Gasteiger partial charge in [0.15, 0.2) is 12.4 Å². The summed E-state index contributed by atoms with van der Waals surface area (Å²) in [6.45, 7) is 3.90. The highest BCUT2D eigenvalue weighted by Crippen LogP contribution is 2.12. The molecule has 18 heavy (non-hydrogen) atoms. The maximum Gasteiger partial charge on any atom is 0.212 e. The molecule has 2 rings (SSSR count). The van der Waals surface area contributed by atoms with E-state index in [4.69, 9.17) is 4.74 Å². The zero-order chi connectivity index (χ0) is 13.1. The van der Waals surface area contributed by atoms with Crippen molar-refractivity contribution in [2.75, 3.05) is 6.61 Å². The minimum absolute atomic E-state index is 0.0298. The molecule has 0 aliphatic rings. The van der Waals surface area contributed by atoms with Crippen molar-refractivity contribution in [1.29, 1.82) is 0 Å². The van der Waals surface area contributed by atoms with Crippen LogP contribution in [0.25, 0.3) is 0 Å². The first-order valence-electron chi connectivity index (χ1n) is 5.79. The first-order chi connectivity index (χ1) is 8.56. The number of carbonyl (C=O) groups is 1. The number of hydrogen-bond acceptors (Lipinski definition) is 3. The second kappa shape index (κ2) is 5.04. The third-order valence-electron chi connectivity index (χ3n) is 2.68. The monoisotopic (exact) mass is 244 g/mol. The van der Waals surface area contributed by atoms with Crippen molar-refractivity contribution in [2.24, 2.45) is 7.05 Å². The van der Waals surface area contributed by atoms with Crippen LogP contribution in [0.3, 0.4) is 0 Å². The predicted molar refractivity (Wildman–Crippen MR) is 68.9 cm³/mol. The molecular formula is C14H16N2O2. The average Bonchev–Trinajstić information content (AvgIpc) is 2.66. The summed E-state index contributed by atoms with van der Waals surface area (Å²) >= 11 is 0. The fourth-order valence-corrected chi connectivity index (χ4v) is 1.68. The molecule has 4 heteroatoms. The molecule has 94 valence electrons. The van der Waals surface area contributed by atoms with Gasteiger partial charge in [-0.2, -0.15) is 5.10 Å². The Morgan fingerprint density at radius 3 is 2.50 bits per heavy atom. The Morgan fingerprint density at radius 2 is 1.94 bits per heavy atom. The molecule has 0 radical (unpaired) electrons. The number of benzene rings is 1. The van der Waals surface area contributed by atoms with E-state index in [0.29, 0.717) is 11.4 Å². The van der Waals surface area contributed by atoms with Crippen LogP contribution in [-0.4, -0.2) is 22.2 Å². The highest BCUT2D eigenvalue weighted by molar-refractivity contribution is 5.97. The molecule has 0 fully saturated rings. The summed E-state index contributed by atoms with van der Waals surface area (Å²) in [5, 5.41) is 4.15. The lowest BCUT2D eigenvalue weighted by molar-refractivity contribution is 0.0915. The van der Waals surface area contributed by atoms with Gasteiger partial charge in [-0.3, -0.25) is 4.79 Å². The molecule has 0 unspecified atom stereocenters. The lowest BCUT2D eigenvalue weighted by Gasteiger charge is -2.05. The van der Waals surface area contributed by atoms with Crippen molar-refractivity contribution in [3.8, 4) is 5.88 Å². The molecule has 0 saturated carbocycles.